The van der Waals surface area contributed by atoms with Gasteiger partial charge in [0.1, 0.15) is 17.2 Å². The number of carbonyl (C=O) groups is 3. The molecule has 0 N–H and O–H groups in total. The number of carbonyl (C=O) groups excluding carboxylic acids is 3. The van der Waals surface area contributed by atoms with Gasteiger partial charge in [-0.3, -0.25) is 14.4 Å². The minimum atomic E-state index is -2.46. The lowest BCUT2D eigenvalue weighted by Crippen LogP contribution is -2.09. The van der Waals surface area contributed by atoms with Crippen LogP contribution in [0.1, 0.15) is 192 Å². The van der Waals surface area contributed by atoms with Crippen molar-refractivity contribution in [3.05, 3.63) is 89.5 Å². The monoisotopic (exact) mass is 968 g/mol. The molecule has 0 fully saturated rings. The first-order valence-corrected chi connectivity index (χ1v) is 31.0. The highest BCUT2D eigenvalue weighted by Gasteiger charge is 2.21. The predicted octanol–water partition coefficient (Wildman–Crippen LogP) is 16.6. The summed E-state index contributed by atoms with van der Waals surface area (Å²) in [6.45, 7) is 7.03. The van der Waals surface area contributed by atoms with E-state index in [4.69, 9.17) is 30.5 Å². The predicted molar refractivity (Wildman–Crippen MR) is 280 cm³/mol. The van der Waals surface area contributed by atoms with Crippen molar-refractivity contribution < 1.29 is 33.1 Å². The number of hydrogen-bond acceptors (Lipinski definition) is 10. The van der Waals surface area contributed by atoms with E-state index in [1.54, 1.807) is 22.8 Å². The van der Waals surface area contributed by atoms with Crippen molar-refractivity contribution >= 4 is 57.1 Å². The molecule has 0 aliphatic rings. The van der Waals surface area contributed by atoms with Gasteiger partial charge in [-0.1, -0.05) is 176 Å². The Kier molecular flexibility index (Phi) is 31.8. The summed E-state index contributed by atoms with van der Waals surface area (Å²) >= 11 is 9.25. The molecule has 0 aromatic heterocycles. The highest BCUT2D eigenvalue weighted by Crippen LogP contribution is 2.70. The number of ether oxygens (including phenoxy) is 3. The fraction of sp³-hybridized carbons (Fsp3) is 0.611. The molecule has 0 aliphatic carbocycles. The zero-order valence-corrected chi connectivity index (χ0v) is 43.5. The lowest BCUT2D eigenvalue weighted by molar-refractivity contribution is -0.135. The fourth-order valence-electron chi connectivity index (χ4n) is 7.34. The number of rotatable bonds is 39. The first-order valence-electron chi connectivity index (χ1n) is 25.1. The molecule has 0 amide bonds. The molecule has 0 heterocycles. The van der Waals surface area contributed by atoms with Gasteiger partial charge in [0.2, 0.25) is 0 Å². The minimum Gasteiger partial charge on any atom is -0.427 e. The molecule has 0 saturated carbocycles. The van der Waals surface area contributed by atoms with Crippen LogP contribution in [0, 0.1) is 0 Å². The Labute approximate surface area is 407 Å². The van der Waals surface area contributed by atoms with Crippen LogP contribution in [0.4, 0.5) is 0 Å². The number of unbranched alkanes of at least 4 members (excludes halogenated alkanes) is 15. The molecule has 0 atom stereocenters. The summed E-state index contributed by atoms with van der Waals surface area (Å²) in [5, 5.41) is 0. The van der Waals surface area contributed by atoms with Gasteiger partial charge < -0.3 is 18.7 Å². The van der Waals surface area contributed by atoms with Gasteiger partial charge in [0, 0.05) is 30.8 Å². The molecule has 0 spiro atoms. The molecule has 0 unspecified atom stereocenters. The van der Waals surface area contributed by atoms with Crippen LogP contribution in [0.2, 0.25) is 0 Å². The molecular weight excluding hydrogens is 888 g/mol. The highest BCUT2D eigenvalue weighted by atomic mass is 33.2. The molecule has 7 nitrogen and oxygen atoms in total. The van der Waals surface area contributed by atoms with Gasteiger partial charge >= 0.3 is 17.9 Å². The SMILES string of the molecule is CCCCCCCCc1ccc(OC(=O)CCCOP(=S)(SCCCC(=O)Oc2ccc(CCCCCCCC)cc2)SCCCC(=O)Oc2ccc(CCCCCCCC)cc2)cc1. The maximum atomic E-state index is 12.8. The van der Waals surface area contributed by atoms with E-state index < -0.39 is 4.67 Å². The van der Waals surface area contributed by atoms with Crippen molar-refractivity contribution in [2.24, 2.45) is 0 Å². The second kappa shape index (κ2) is 36.4. The number of hydrogen-bond donors (Lipinski definition) is 0. The first kappa shape index (κ1) is 56.7. The normalized spacial score (nSPS) is 11.4. The van der Waals surface area contributed by atoms with Crippen LogP contribution >= 0.6 is 27.4 Å². The van der Waals surface area contributed by atoms with Gasteiger partial charge in [0.15, 0.2) is 4.67 Å². The summed E-state index contributed by atoms with van der Waals surface area (Å²) in [4.78, 5) is 38.2. The molecular formula is C54H81O7PS3. The van der Waals surface area contributed by atoms with Gasteiger partial charge in [-0.25, -0.2) is 0 Å². The van der Waals surface area contributed by atoms with Crippen molar-refractivity contribution in [3.8, 4) is 17.2 Å². The Morgan fingerprint density at radius 3 is 1.03 bits per heavy atom. The molecule has 0 saturated heterocycles. The van der Waals surface area contributed by atoms with Crippen LogP contribution < -0.4 is 14.2 Å². The number of benzene rings is 3. The fourth-order valence-corrected chi connectivity index (χ4v) is 15.7. The average molecular weight is 969 g/mol. The van der Waals surface area contributed by atoms with E-state index in [0.717, 1.165) is 19.3 Å². The summed E-state index contributed by atoms with van der Waals surface area (Å²) < 4.78 is 20.8. The van der Waals surface area contributed by atoms with E-state index in [0.29, 0.717) is 54.6 Å². The Morgan fingerprint density at radius 1 is 0.415 bits per heavy atom. The summed E-state index contributed by atoms with van der Waals surface area (Å²) in [6.07, 6.45) is 28.3. The molecule has 0 radical (unpaired) electrons. The smallest absolute Gasteiger partial charge is 0.311 e. The maximum absolute atomic E-state index is 12.8. The number of esters is 3. The molecule has 11 heteroatoms. The summed E-state index contributed by atoms with van der Waals surface area (Å²) in [7, 11) is 0. The van der Waals surface area contributed by atoms with Gasteiger partial charge in [-0.05, 0) is 123 Å². The van der Waals surface area contributed by atoms with Crippen molar-refractivity contribution in [2.75, 3.05) is 18.1 Å². The highest BCUT2D eigenvalue weighted by molar-refractivity contribution is 8.99. The van der Waals surface area contributed by atoms with E-state index in [1.165, 1.54) is 132 Å². The Hall–Kier alpha value is -2.62. The molecule has 65 heavy (non-hydrogen) atoms. The number of aryl methyl sites for hydroxylation is 3. The van der Waals surface area contributed by atoms with E-state index >= 15 is 0 Å². The molecule has 3 aromatic carbocycles. The first-order chi connectivity index (χ1) is 31.7. The second-order valence-electron chi connectivity index (χ2n) is 17.2. The molecule has 0 bridgehead atoms. The topological polar surface area (TPSA) is 88.1 Å². The van der Waals surface area contributed by atoms with Crippen molar-refractivity contribution in [1.29, 1.82) is 0 Å². The lowest BCUT2D eigenvalue weighted by Gasteiger charge is -2.21. The molecule has 362 valence electrons. The maximum Gasteiger partial charge on any atom is 0.311 e. The van der Waals surface area contributed by atoms with Crippen LogP contribution in [-0.2, 0) is 50.0 Å². The van der Waals surface area contributed by atoms with Crippen LogP contribution in [-0.4, -0.2) is 36.0 Å². The summed E-state index contributed by atoms with van der Waals surface area (Å²) in [5.74, 6) is 2.10. The van der Waals surface area contributed by atoms with E-state index in [2.05, 4.69) is 45.0 Å². The average Bonchev–Trinajstić information content (AvgIpc) is 3.30. The zero-order chi connectivity index (χ0) is 46.6. The van der Waals surface area contributed by atoms with Crippen LogP contribution in [0.5, 0.6) is 17.2 Å². The quantitative estimate of drug-likeness (QED) is 0.0238. The van der Waals surface area contributed by atoms with Gasteiger partial charge in [-0.2, -0.15) is 0 Å². The minimum absolute atomic E-state index is 0.210. The molecule has 3 aromatic rings. The Morgan fingerprint density at radius 2 is 0.708 bits per heavy atom. The lowest BCUT2D eigenvalue weighted by atomic mass is 10.0. The Bertz CT molecular complexity index is 1550. The second-order valence-corrected chi connectivity index (χ2v) is 27.9. The van der Waals surface area contributed by atoms with Crippen LogP contribution in [0.3, 0.4) is 0 Å². The third kappa shape index (κ3) is 28.3. The van der Waals surface area contributed by atoms with Crippen molar-refractivity contribution in [2.45, 2.75) is 194 Å². The summed E-state index contributed by atoms with van der Waals surface area (Å²) in [5.41, 5.74) is 3.79. The standard InChI is InChI=1S/C54H81O7PS3/c1-4-7-10-13-16-19-25-46-31-37-49(38-32-46)59-52(55)28-22-43-58-62(63,64-44-23-29-53(56)60-50-39-33-47(34-40-50)26-20-17-14-11-8-5-2)65-45-24-30-54(57)61-51-41-35-48(36-42-51)27-21-18-15-12-9-6-3/h31-42H,4-30,43-45H2,1-3H3. The van der Waals surface area contributed by atoms with Crippen LogP contribution in [0.15, 0.2) is 72.8 Å². The van der Waals surface area contributed by atoms with Gasteiger partial charge in [0.25, 0.3) is 0 Å². The van der Waals surface area contributed by atoms with Crippen molar-refractivity contribution in [3.63, 3.8) is 0 Å². The van der Waals surface area contributed by atoms with Crippen LogP contribution in [0.25, 0.3) is 0 Å². The van der Waals surface area contributed by atoms with Gasteiger partial charge in [0.05, 0.1) is 6.61 Å². The largest absolute Gasteiger partial charge is 0.427 e. The van der Waals surface area contributed by atoms with E-state index in [1.807, 2.05) is 48.5 Å². The Balaban J connectivity index is 1.42. The van der Waals surface area contributed by atoms with Gasteiger partial charge in [-0.15, -0.1) is 0 Å². The molecule has 3 rings (SSSR count). The zero-order valence-electron chi connectivity index (χ0n) is 40.2. The van der Waals surface area contributed by atoms with E-state index in [-0.39, 0.29) is 37.2 Å². The molecule has 0 aliphatic heterocycles. The van der Waals surface area contributed by atoms with E-state index in [9.17, 15) is 14.4 Å². The summed E-state index contributed by atoms with van der Waals surface area (Å²) in [6, 6.07) is 23.6. The third-order valence-electron chi connectivity index (χ3n) is 11.2. The third-order valence-corrected chi connectivity index (χ3v) is 21.1. The van der Waals surface area contributed by atoms with Crippen molar-refractivity contribution in [1.82, 2.24) is 0 Å².